The van der Waals surface area contributed by atoms with Crippen LogP contribution in [0.5, 0.6) is 11.5 Å². The lowest BCUT2D eigenvalue weighted by atomic mass is 9.85. The summed E-state index contributed by atoms with van der Waals surface area (Å²) in [5, 5.41) is 9.40. The fourth-order valence-electron chi connectivity index (χ4n) is 2.67. The van der Waals surface area contributed by atoms with Crippen molar-refractivity contribution in [2.45, 2.75) is 12.8 Å². The molecule has 0 aliphatic carbocycles. The highest BCUT2D eigenvalue weighted by atomic mass is 16.5. The zero-order chi connectivity index (χ0) is 13.7. The third kappa shape index (κ3) is 4.11. The molecular formula is C15H24N2O2. The highest BCUT2D eigenvalue weighted by Gasteiger charge is 2.24. The van der Waals surface area contributed by atoms with E-state index >= 15 is 0 Å². The minimum Gasteiger partial charge on any atom is -0.508 e. The molecule has 0 bridgehead atoms. The average Bonchev–Trinajstić information content (AvgIpc) is 2.41. The number of rotatable bonds is 5. The number of piperidine rings is 1. The van der Waals surface area contributed by atoms with E-state index in [9.17, 15) is 5.11 Å². The summed E-state index contributed by atoms with van der Waals surface area (Å²) in [6.07, 6.45) is 2.39. The third-order valence-electron chi connectivity index (χ3n) is 4.01. The Morgan fingerprint density at radius 2 is 2.16 bits per heavy atom. The van der Waals surface area contributed by atoms with Gasteiger partial charge in [-0.05, 0) is 57.6 Å². The lowest BCUT2D eigenvalue weighted by molar-refractivity contribution is 0.132. The van der Waals surface area contributed by atoms with Gasteiger partial charge in [-0.1, -0.05) is 6.07 Å². The van der Waals surface area contributed by atoms with Gasteiger partial charge in [0.2, 0.25) is 0 Å². The standard InChI is InChI=1S/C15H24N2O2/c1-17-7-5-12(6-8-17)13(10-16)11-19-15-4-2-3-14(18)9-15/h2-4,9,12-13,18H,5-8,10-11,16H2,1H3. The minimum atomic E-state index is 0.237. The third-order valence-corrected chi connectivity index (χ3v) is 4.01. The molecule has 2 rings (SSSR count). The van der Waals surface area contributed by atoms with Crippen LogP contribution in [-0.2, 0) is 0 Å². The van der Waals surface area contributed by atoms with E-state index < -0.39 is 0 Å². The first-order valence-corrected chi connectivity index (χ1v) is 6.99. The Morgan fingerprint density at radius 1 is 1.42 bits per heavy atom. The van der Waals surface area contributed by atoms with Gasteiger partial charge < -0.3 is 20.5 Å². The summed E-state index contributed by atoms with van der Waals surface area (Å²) in [4.78, 5) is 2.36. The van der Waals surface area contributed by atoms with Crippen molar-refractivity contribution in [3.63, 3.8) is 0 Å². The molecular weight excluding hydrogens is 240 g/mol. The van der Waals surface area contributed by atoms with Gasteiger partial charge in [-0.2, -0.15) is 0 Å². The minimum absolute atomic E-state index is 0.237. The summed E-state index contributed by atoms with van der Waals surface area (Å²) in [6, 6.07) is 6.94. The Morgan fingerprint density at radius 3 is 2.79 bits per heavy atom. The second-order valence-corrected chi connectivity index (χ2v) is 5.44. The number of phenols is 1. The summed E-state index contributed by atoms with van der Waals surface area (Å²) in [5.41, 5.74) is 5.89. The molecule has 1 saturated heterocycles. The molecule has 106 valence electrons. The van der Waals surface area contributed by atoms with Crippen LogP contribution in [0.2, 0.25) is 0 Å². The van der Waals surface area contributed by atoms with Crippen molar-refractivity contribution in [1.29, 1.82) is 0 Å². The second kappa shape index (κ2) is 6.78. The zero-order valence-electron chi connectivity index (χ0n) is 11.6. The van der Waals surface area contributed by atoms with E-state index in [-0.39, 0.29) is 5.75 Å². The molecule has 4 heteroatoms. The summed E-state index contributed by atoms with van der Waals surface area (Å²) in [6.45, 7) is 3.59. The van der Waals surface area contributed by atoms with Gasteiger partial charge in [-0.15, -0.1) is 0 Å². The molecule has 0 aromatic heterocycles. The smallest absolute Gasteiger partial charge is 0.122 e. The van der Waals surface area contributed by atoms with E-state index in [1.165, 1.54) is 12.8 Å². The van der Waals surface area contributed by atoms with Gasteiger partial charge in [0.1, 0.15) is 11.5 Å². The molecule has 1 aliphatic heterocycles. The number of nitrogens with two attached hydrogens (primary N) is 1. The van der Waals surface area contributed by atoms with Gasteiger partial charge >= 0.3 is 0 Å². The predicted molar refractivity (Wildman–Crippen MR) is 76.4 cm³/mol. The van der Waals surface area contributed by atoms with Crippen molar-refractivity contribution < 1.29 is 9.84 Å². The number of hydrogen-bond donors (Lipinski definition) is 2. The molecule has 1 aromatic rings. The lowest BCUT2D eigenvalue weighted by Crippen LogP contribution is -2.37. The monoisotopic (exact) mass is 264 g/mol. The highest BCUT2D eigenvalue weighted by molar-refractivity contribution is 5.31. The van der Waals surface area contributed by atoms with Crippen molar-refractivity contribution in [3.8, 4) is 11.5 Å². The van der Waals surface area contributed by atoms with Crippen LogP contribution < -0.4 is 10.5 Å². The van der Waals surface area contributed by atoms with Crippen LogP contribution in [0, 0.1) is 11.8 Å². The number of likely N-dealkylation sites (tertiary alicyclic amines) is 1. The van der Waals surface area contributed by atoms with Crippen LogP contribution in [-0.4, -0.2) is 43.3 Å². The summed E-state index contributed by atoms with van der Waals surface area (Å²) < 4.78 is 5.77. The zero-order valence-corrected chi connectivity index (χ0v) is 11.6. The maximum atomic E-state index is 9.40. The van der Waals surface area contributed by atoms with E-state index in [1.807, 2.05) is 6.07 Å². The van der Waals surface area contributed by atoms with Crippen LogP contribution in [0.3, 0.4) is 0 Å². The van der Waals surface area contributed by atoms with Crippen molar-refractivity contribution >= 4 is 0 Å². The van der Waals surface area contributed by atoms with Crippen LogP contribution >= 0.6 is 0 Å². The molecule has 1 aliphatic rings. The number of hydrogen-bond acceptors (Lipinski definition) is 4. The molecule has 19 heavy (non-hydrogen) atoms. The largest absolute Gasteiger partial charge is 0.508 e. The Bertz CT molecular complexity index is 389. The fourth-order valence-corrected chi connectivity index (χ4v) is 2.67. The molecule has 0 saturated carbocycles. The molecule has 3 N–H and O–H groups in total. The highest BCUT2D eigenvalue weighted by Crippen LogP contribution is 2.25. The van der Waals surface area contributed by atoms with Crippen molar-refractivity contribution in [2.24, 2.45) is 17.6 Å². The second-order valence-electron chi connectivity index (χ2n) is 5.44. The Labute approximate surface area is 115 Å². The fraction of sp³-hybridized carbons (Fsp3) is 0.600. The molecule has 1 heterocycles. The average molecular weight is 264 g/mol. The predicted octanol–water partition coefficient (Wildman–Crippen LogP) is 1.69. The molecule has 1 aromatic carbocycles. The topological polar surface area (TPSA) is 58.7 Å². The first-order chi connectivity index (χ1) is 9.19. The molecule has 0 radical (unpaired) electrons. The summed E-state index contributed by atoms with van der Waals surface area (Å²) >= 11 is 0. The number of phenolic OH excluding ortho intramolecular Hbond substituents is 1. The number of aromatic hydroxyl groups is 1. The van der Waals surface area contributed by atoms with Gasteiger partial charge in [0.25, 0.3) is 0 Å². The number of ether oxygens (including phenoxy) is 1. The van der Waals surface area contributed by atoms with Gasteiger partial charge in [0.15, 0.2) is 0 Å². The van der Waals surface area contributed by atoms with Gasteiger partial charge in [-0.3, -0.25) is 0 Å². The molecule has 0 spiro atoms. The van der Waals surface area contributed by atoms with E-state index in [0.29, 0.717) is 30.7 Å². The number of benzene rings is 1. The number of nitrogens with zero attached hydrogens (tertiary/aromatic N) is 1. The Kier molecular flexibility index (Phi) is 5.05. The molecule has 0 amide bonds. The maximum absolute atomic E-state index is 9.40. The first-order valence-electron chi connectivity index (χ1n) is 6.99. The van der Waals surface area contributed by atoms with E-state index in [0.717, 1.165) is 13.1 Å². The van der Waals surface area contributed by atoms with Crippen LogP contribution in [0.25, 0.3) is 0 Å². The first kappa shape index (κ1) is 14.2. The van der Waals surface area contributed by atoms with Gasteiger partial charge in [0.05, 0.1) is 6.61 Å². The van der Waals surface area contributed by atoms with Crippen LogP contribution in [0.15, 0.2) is 24.3 Å². The molecule has 4 nitrogen and oxygen atoms in total. The maximum Gasteiger partial charge on any atom is 0.122 e. The molecule has 1 atom stereocenters. The lowest BCUT2D eigenvalue weighted by Gasteiger charge is -2.33. The molecule has 1 unspecified atom stereocenters. The SMILES string of the molecule is CN1CCC(C(CN)COc2cccc(O)c2)CC1. The Balaban J connectivity index is 1.85. The van der Waals surface area contributed by atoms with Crippen LogP contribution in [0.1, 0.15) is 12.8 Å². The quantitative estimate of drug-likeness (QED) is 0.849. The van der Waals surface area contributed by atoms with E-state index in [2.05, 4.69) is 11.9 Å². The van der Waals surface area contributed by atoms with E-state index in [4.69, 9.17) is 10.5 Å². The van der Waals surface area contributed by atoms with Crippen LogP contribution in [0.4, 0.5) is 0 Å². The van der Waals surface area contributed by atoms with Gasteiger partial charge in [0, 0.05) is 12.0 Å². The summed E-state index contributed by atoms with van der Waals surface area (Å²) in [5.74, 6) is 2.00. The molecule has 1 fully saturated rings. The normalized spacial score (nSPS) is 19.3. The Hall–Kier alpha value is -1.26. The van der Waals surface area contributed by atoms with Crippen molar-refractivity contribution in [1.82, 2.24) is 4.90 Å². The summed E-state index contributed by atoms with van der Waals surface area (Å²) in [7, 11) is 2.16. The van der Waals surface area contributed by atoms with Crippen molar-refractivity contribution in [3.05, 3.63) is 24.3 Å². The van der Waals surface area contributed by atoms with Crippen molar-refractivity contribution in [2.75, 3.05) is 33.3 Å². The van der Waals surface area contributed by atoms with E-state index in [1.54, 1.807) is 18.2 Å². The van der Waals surface area contributed by atoms with Gasteiger partial charge in [-0.25, -0.2) is 0 Å².